The summed E-state index contributed by atoms with van der Waals surface area (Å²) in [6, 6.07) is 2.15. The van der Waals surface area contributed by atoms with Crippen LogP contribution in [0.15, 0.2) is 18.2 Å². The van der Waals surface area contributed by atoms with Crippen molar-refractivity contribution in [2.45, 2.75) is 24.8 Å². The minimum atomic E-state index is -4.79. The van der Waals surface area contributed by atoms with Crippen molar-refractivity contribution in [3.8, 4) is 6.07 Å². The Labute approximate surface area is 134 Å². The van der Waals surface area contributed by atoms with Gasteiger partial charge in [-0.3, -0.25) is 4.90 Å². The van der Waals surface area contributed by atoms with E-state index in [1.165, 1.54) is 0 Å². The van der Waals surface area contributed by atoms with Crippen molar-refractivity contribution in [3.63, 3.8) is 0 Å². The van der Waals surface area contributed by atoms with E-state index in [2.05, 4.69) is 5.32 Å². The van der Waals surface area contributed by atoms with Gasteiger partial charge in [-0.05, 0) is 23.8 Å². The van der Waals surface area contributed by atoms with E-state index in [1.54, 1.807) is 11.0 Å². The third-order valence-corrected chi connectivity index (χ3v) is 3.92. The van der Waals surface area contributed by atoms with Gasteiger partial charge in [0.05, 0.1) is 23.6 Å². The van der Waals surface area contributed by atoms with Crippen molar-refractivity contribution in [2.24, 2.45) is 0 Å². The Balaban J connectivity index is 2.54. The van der Waals surface area contributed by atoms with Gasteiger partial charge in [-0.25, -0.2) is 0 Å². The molecule has 0 saturated carbocycles. The zero-order chi connectivity index (χ0) is 18.0. The third-order valence-electron chi connectivity index (χ3n) is 3.92. The Morgan fingerprint density at radius 3 is 2.21 bits per heavy atom. The lowest BCUT2D eigenvalue weighted by Crippen LogP contribution is -2.45. The Bertz CT molecular complexity index is 611. The highest BCUT2D eigenvalue weighted by Crippen LogP contribution is 2.40. The van der Waals surface area contributed by atoms with Crippen LogP contribution in [0.2, 0.25) is 0 Å². The Morgan fingerprint density at radius 2 is 1.71 bits per heavy atom. The van der Waals surface area contributed by atoms with Crippen molar-refractivity contribution in [1.29, 1.82) is 5.26 Å². The smallest absolute Gasteiger partial charge is 0.314 e. The SMILES string of the molecule is N#CC[C@H](c1cc(C(F)(F)F)ccc1C(F)(F)F)N1CCNCC1. The monoisotopic (exact) mass is 351 g/mol. The van der Waals surface area contributed by atoms with Gasteiger partial charge < -0.3 is 5.32 Å². The van der Waals surface area contributed by atoms with E-state index in [0.29, 0.717) is 44.4 Å². The Hall–Kier alpha value is -1.79. The van der Waals surface area contributed by atoms with Crippen LogP contribution in [0.1, 0.15) is 29.2 Å². The average Bonchev–Trinajstić information content (AvgIpc) is 2.51. The minimum absolute atomic E-state index is 0.315. The summed E-state index contributed by atoms with van der Waals surface area (Å²) < 4.78 is 78.5. The summed E-state index contributed by atoms with van der Waals surface area (Å²) in [6.07, 6.45) is -9.86. The van der Waals surface area contributed by atoms with E-state index in [-0.39, 0.29) is 6.42 Å². The first-order valence-electron chi connectivity index (χ1n) is 7.24. The molecular weight excluding hydrogens is 336 g/mol. The molecule has 1 atom stereocenters. The van der Waals surface area contributed by atoms with Crippen LogP contribution in [-0.4, -0.2) is 31.1 Å². The molecule has 1 aromatic rings. The van der Waals surface area contributed by atoms with Gasteiger partial charge in [0.1, 0.15) is 0 Å². The first-order valence-corrected chi connectivity index (χ1v) is 7.24. The molecular formula is C15H15F6N3. The molecule has 0 amide bonds. The Morgan fingerprint density at radius 1 is 1.08 bits per heavy atom. The molecule has 24 heavy (non-hydrogen) atoms. The predicted octanol–water partition coefficient (Wildman–Crippen LogP) is 3.58. The molecule has 1 fully saturated rings. The number of halogens is 6. The number of alkyl halides is 6. The first-order chi connectivity index (χ1) is 11.1. The summed E-state index contributed by atoms with van der Waals surface area (Å²) in [5.74, 6) is 0. The molecule has 0 unspecified atom stereocenters. The summed E-state index contributed by atoms with van der Waals surface area (Å²) in [5, 5.41) is 12.0. The molecule has 1 heterocycles. The van der Waals surface area contributed by atoms with Gasteiger partial charge in [-0.2, -0.15) is 31.6 Å². The highest BCUT2D eigenvalue weighted by Gasteiger charge is 2.39. The fourth-order valence-electron chi connectivity index (χ4n) is 2.79. The van der Waals surface area contributed by atoms with Crippen molar-refractivity contribution in [3.05, 3.63) is 34.9 Å². The van der Waals surface area contributed by atoms with Gasteiger partial charge in [-0.15, -0.1) is 0 Å². The second kappa shape index (κ2) is 6.99. The van der Waals surface area contributed by atoms with Gasteiger partial charge in [0.15, 0.2) is 0 Å². The number of piperazine rings is 1. The molecule has 132 valence electrons. The lowest BCUT2D eigenvalue weighted by Gasteiger charge is -2.35. The van der Waals surface area contributed by atoms with Gasteiger partial charge in [0.2, 0.25) is 0 Å². The molecule has 1 aliphatic heterocycles. The van der Waals surface area contributed by atoms with Gasteiger partial charge in [-0.1, -0.05) is 0 Å². The topological polar surface area (TPSA) is 39.1 Å². The van der Waals surface area contributed by atoms with Crippen LogP contribution in [0.5, 0.6) is 0 Å². The lowest BCUT2D eigenvalue weighted by molar-refractivity contribution is -0.142. The number of hydrogen-bond donors (Lipinski definition) is 1. The van der Waals surface area contributed by atoms with Crippen LogP contribution in [0.4, 0.5) is 26.3 Å². The van der Waals surface area contributed by atoms with Crippen LogP contribution < -0.4 is 5.32 Å². The maximum Gasteiger partial charge on any atom is 0.416 e. The molecule has 9 heteroatoms. The third kappa shape index (κ3) is 4.19. The van der Waals surface area contributed by atoms with Crippen LogP contribution >= 0.6 is 0 Å². The quantitative estimate of drug-likeness (QED) is 0.846. The lowest BCUT2D eigenvalue weighted by atomic mass is 9.93. The van der Waals surface area contributed by atoms with E-state index >= 15 is 0 Å². The summed E-state index contributed by atoms with van der Waals surface area (Å²) in [5.41, 5.74) is -2.78. The highest BCUT2D eigenvalue weighted by molar-refractivity contribution is 5.38. The first kappa shape index (κ1) is 18.5. The molecule has 1 aliphatic rings. The number of rotatable bonds is 3. The predicted molar refractivity (Wildman–Crippen MR) is 73.9 cm³/mol. The number of hydrogen-bond acceptors (Lipinski definition) is 3. The van der Waals surface area contributed by atoms with E-state index in [1.807, 2.05) is 0 Å². The fourth-order valence-corrected chi connectivity index (χ4v) is 2.79. The normalized spacial score (nSPS) is 18.2. The number of nitrogens with one attached hydrogen (secondary N) is 1. The number of benzene rings is 1. The van der Waals surface area contributed by atoms with Gasteiger partial charge in [0.25, 0.3) is 0 Å². The second-order valence-corrected chi connectivity index (χ2v) is 5.46. The maximum absolute atomic E-state index is 13.2. The highest BCUT2D eigenvalue weighted by atomic mass is 19.4. The summed E-state index contributed by atoms with van der Waals surface area (Å²) in [7, 11) is 0. The van der Waals surface area contributed by atoms with Crippen molar-refractivity contribution >= 4 is 0 Å². The van der Waals surface area contributed by atoms with Crippen LogP contribution in [0.3, 0.4) is 0 Å². The molecule has 2 rings (SSSR count). The largest absolute Gasteiger partial charge is 0.416 e. The molecule has 0 radical (unpaired) electrons. The zero-order valence-electron chi connectivity index (χ0n) is 12.5. The van der Waals surface area contributed by atoms with Gasteiger partial charge >= 0.3 is 12.4 Å². The molecule has 0 aromatic heterocycles. The van der Waals surface area contributed by atoms with E-state index in [9.17, 15) is 26.3 Å². The van der Waals surface area contributed by atoms with Crippen molar-refractivity contribution in [2.75, 3.05) is 26.2 Å². The van der Waals surface area contributed by atoms with E-state index in [4.69, 9.17) is 5.26 Å². The molecule has 3 nitrogen and oxygen atoms in total. The fraction of sp³-hybridized carbons (Fsp3) is 0.533. The summed E-state index contributed by atoms with van der Waals surface area (Å²) in [4.78, 5) is 1.62. The molecule has 1 aromatic carbocycles. The van der Waals surface area contributed by atoms with E-state index < -0.39 is 35.1 Å². The van der Waals surface area contributed by atoms with E-state index in [0.717, 1.165) is 0 Å². The Kier molecular flexibility index (Phi) is 5.40. The van der Waals surface area contributed by atoms with Crippen LogP contribution in [0, 0.1) is 11.3 Å². The zero-order valence-corrected chi connectivity index (χ0v) is 12.5. The standard InChI is InChI=1S/C15H15F6N3/c16-14(17,18)10-1-2-12(15(19,20)21)11(9-10)13(3-4-22)24-7-5-23-6-8-24/h1-2,9,13,23H,3,5-8H2/t13-/m1/s1. The number of nitriles is 1. The van der Waals surface area contributed by atoms with Crippen LogP contribution in [-0.2, 0) is 12.4 Å². The molecule has 1 saturated heterocycles. The molecule has 0 bridgehead atoms. The average molecular weight is 351 g/mol. The van der Waals surface area contributed by atoms with Crippen molar-refractivity contribution in [1.82, 2.24) is 10.2 Å². The minimum Gasteiger partial charge on any atom is -0.314 e. The van der Waals surface area contributed by atoms with Crippen LogP contribution in [0.25, 0.3) is 0 Å². The molecule has 0 aliphatic carbocycles. The van der Waals surface area contributed by atoms with Crippen molar-refractivity contribution < 1.29 is 26.3 Å². The molecule has 1 N–H and O–H groups in total. The summed E-state index contributed by atoms with van der Waals surface area (Å²) in [6.45, 7) is 1.73. The number of nitrogens with zero attached hydrogens (tertiary/aromatic N) is 2. The second-order valence-electron chi connectivity index (χ2n) is 5.46. The van der Waals surface area contributed by atoms with Gasteiger partial charge in [0, 0.05) is 32.2 Å². The summed E-state index contributed by atoms with van der Waals surface area (Å²) >= 11 is 0. The molecule has 0 spiro atoms. The maximum atomic E-state index is 13.2.